The van der Waals surface area contributed by atoms with Gasteiger partial charge in [-0.05, 0) is 23.8 Å². The molecule has 2 amide bonds. The molecule has 23 heavy (non-hydrogen) atoms. The molecule has 0 bridgehead atoms. The van der Waals surface area contributed by atoms with Gasteiger partial charge in [0.25, 0.3) is 11.8 Å². The van der Waals surface area contributed by atoms with Crippen LogP contribution < -0.4 is 10.9 Å². The van der Waals surface area contributed by atoms with Crippen molar-refractivity contribution in [3.8, 4) is 6.07 Å². The molecule has 2 aromatic rings. The van der Waals surface area contributed by atoms with E-state index in [9.17, 15) is 9.59 Å². The summed E-state index contributed by atoms with van der Waals surface area (Å²) >= 11 is 5.82. The topological polar surface area (TPSA) is 82.0 Å². The Morgan fingerprint density at radius 1 is 1.00 bits per heavy atom. The molecular weight excluding hydrogens is 314 g/mol. The molecule has 2 aromatic carbocycles. The Hall–Kier alpha value is -2.84. The van der Waals surface area contributed by atoms with Crippen molar-refractivity contribution in [2.45, 2.75) is 11.8 Å². The van der Waals surface area contributed by atoms with Gasteiger partial charge in [0.15, 0.2) is 0 Å². The number of nitriles is 1. The van der Waals surface area contributed by atoms with Gasteiger partial charge in [-0.15, -0.1) is 11.6 Å². The average Bonchev–Trinajstić information content (AvgIpc) is 2.60. The molecule has 0 saturated carbocycles. The van der Waals surface area contributed by atoms with E-state index in [1.54, 1.807) is 54.6 Å². The number of carbonyl (C=O) groups excluding carboxylic acids is 2. The zero-order chi connectivity index (χ0) is 16.7. The number of nitrogens with one attached hydrogen (secondary N) is 2. The molecule has 0 fully saturated rings. The van der Waals surface area contributed by atoms with Gasteiger partial charge in [0.1, 0.15) is 5.38 Å². The van der Waals surface area contributed by atoms with E-state index in [0.717, 1.165) is 0 Å². The molecule has 5 nitrogen and oxygen atoms in total. The first-order valence-corrected chi connectivity index (χ1v) is 7.33. The minimum Gasteiger partial charge on any atom is -0.267 e. The van der Waals surface area contributed by atoms with Crippen molar-refractivity contribution < 1.29 is 9.59 Å². The number of rotatable bonds is 4. The predicted molar refractivity (Wildman–Crippen MR) is 86.8 cm³/mol. The van der Waals surface area contributed by atoms with Crippen molar-refractivity contribution in [1.82, 2.24) is 10.9 Å². The summed E-state index contributed by atoms with van der Waals surface area (Å²) in [6, 6.07) is 17.2. The lowest BCUT2D eigenvalue weighted by Gasteiger charge is -2.11. The molecule has 0 aliphatic heterocycles. The summed E-state index contributed by atoms with van der Waals surface area (Å²) in [4.78, 5) is 24.1. The highest BCUT2D eigenvalue weighted by Crippen LogP contribution is 2.13. The summed E-state index contributed by atoms with van der Waals surface area (Å²) in [5, 5.41) is 8.07. The predicted octanol–water partition coefficient (Wildman–Crippen LogP) is 2.43. The van der Waals surface area contributed by atoms with Crippen LogP contribution in [0.4, 0.5) is 0 Å². The summed E-state index contributed by atoms with van der Waals surface area (Å²) in [6.07, 6.45) is 0.244. The number of carbonyl (C=O) groups is 2. The van der Waals surface area contributed by atoms with Gasteiger partial charge in [-0.2, -0.15) is 5.26 Å². The third kappa shape index (κ3) is 4.56. The van der Waals surface area contributed by atoms with E-state index in [2.05, 4.69) is 10.9 Å². The van der Waals surface area contributed by atoms with Crippen molar-refractivity contribution in [3.63, 3.8) is 0 Å². The molecule has 0 heterocycles. The highest BCUT2D eigenvalue weighted by Gasteiger charge is 2.14. The Balaban J connectivity index is 2.04. The summed E-state index contributed by atoms with van der Waals surface area (Å²) in [7, 11) is 0. The molecule has 0 aromatic heterocycles. The van der Waals surface area contributed by atoms with E-state index in [1.807, 2.05) is 6.07 Å². The Bertz CT molecular complexity index is 741. The second kappa shape index (κ2) is 7.97. The van der Waals surface area contributed by atoms with Gasteiger partial charge in [0.2, 0.25) is 0 Å². The first-order valence-electron chi connectivity index (χ1n) is 6.89. The number of halogens is 1. The third-order valence-corrected chi connectivity index (χ3v) is 3.38. The highest BCUT2D eigenvalue weighted by molar-refractivity contribution is 6.22. The molecule has 1 atom stereocenters. The average molecular weight is 328 g/mol. The van der Waals surface area contributed by atoms with E-state index in [-0.39, 0.29) is 6.42 Å². The van der Waals surface area contributed by atoms with Gasteiger partial charge in [-0.3, -0.25) is 20.4 Å². The monoisotopic (exact) mass is 327 g/mol. The third-order valence-electron chi connectivity index (χ3n) is 3.13. The van der Waals surface area contributed by atoms with Gasteiger partial charge < -0.3 is 0 Å². The number of hydrogen-bond donors (Lipinski definition) is 2. The van der Waals surface area contributed by atoms with Crippen molar-refractivity contribution in [3.05, 3.63) is 71.3 Å². The van der Waals surface area contributed by atoms with Crippen LogP contribution in [0.3, 0.4) is 0 Å². The maximum atomic E-state index is 12.2. The highest BCUT2D eigenvalue weighted by atomic mass is 35.5. The number of benzene rings is 2. The lowest BCUT2D eigenvalue weighted by molar-refractivity contribution is 0.0846. The van der Waals surface area contributed by atoms with Gasteiger partial charge in [-0.25, -0.2) is 0 Å². The Labute approximate surface area is 138 Å². The molecule has 0 aliphatic rings. The van der Waals surface area contributed by atoms with E-state index in [4.69, 9.17) is 16.9 Å². The van der Waals surface area contributed by atoms with E-state index in [0.29, 0.717) is 16.7 Å². The largest absolute Gasteiger partial charge is 0.269 e. The molecule has 1 unspecified atom stereocenters. The summed E-state index contributed by atoms with van der Waals surface area (Å²) < 4.78 is 0. The summed E-state index contributed by atoms with van der Waals surface area (Å²) in [6.45, 7) is 0. The van der Waals surface area contributed by atoms with Crippen LogP contribution >= 0.6 is 11.6 Å². The molecule has 2 N–H and O–H groups in total. The number of hydrazine groups is 1. The van der Waals surface area contributed by atoms with Crippen LogP contribution in [0.1, 0.15) is 26.3 Å². The van der Waals surface area contributed by atoms with Crippen LogP contribution in [0.2, 0.25) is 0 Å². The van der Waals surface area contributed by atoms with E-state index >= 15 is 0 Å². The van der Waals surface area contributed by atoms with E-state index in [1.165, 1.54) is 0 Å². The van der Waals surface area contributed by atoms with Crippen molar-refractivity contribution in [1.29, 1.82) is 5.26 Å². The second-order valence-electron chi connectivity index (χ2n) is 4.73. The van der Waals surface area contributed by atoms with Gasteiger partial charge >= 0.3 is 0 Å². The maximum Gasteiger partial charge on any atom is 0.269 e. The number of hydrogen-bond acceptors (Lipinski definition) is 3. The van der Waals surface area contributed by atoms with Crippen LogP contribution in [-0.2, 0) is 6.42 Å². The minimum absolute atomic E-state index is 0.244. The number of alkyl halides is 1. The van der Waals surface area contributed by atoms with Crippen molar-refractivity contribution in [2.24, 2.45) is 0 Å². The fourth-order valence-corrected chi connectivity index (χ4v) is 2.17. The van der Waals surface area contributed by atoms with Crippen molar-refractivity contribution in [2.75, 3.05) is 0 Å². The molecule has 116 valence electrons. The maximum absolute atomic E-state index is 12.2. The first kappa shape index (κ1) is 16.5. The van der Waals surface area contributed by atoms with Gasteiger partial charge in [0, 0.05) is 17.5 Å². The molecule has 0 radical (unpaired) electrons. The number of nitrogens with zero attached hydrogens (tertiary/aromatic N) is 1. The zero-order valence-corrected chi connectivity index (χ0v) is 12.9. The van der Waals surface area contributed by atoms with Crippen LogP contribution in [0.5, 0.6) is 0 Å². The molecule has 2 rings (SSSR count). The van der Waals surface area contributed by atoms with Gasteiger partial charge in [-0.1, -0.05) is 36.4 Å². The molecule has 0 spiro atoms. The lowest BCUT2D eigenvalue weighted by Crippen LogP contribution is -2.42. The molecule has 0 aliphatic carbocycles. The quantitative estimate of drug-likeness (QED) is 0.668. The first-order chi connectivity index (χ1) is 11.1. The Morgan fingerprint density at radius 2 is 1.61 bits per heavy atom. The fourth-order valence-electron chi connectivity index (χ4n) is 2.00. The number of amides is 2. The van der Waals surface area contributed by atoms with Crippen molar-refractivity contribution >= 4 is 23.4 Å². The second-order valence-corrected chi connectivity index (χ2v) is 5.26. The SMILES string of the molecule is N#CC(Cl)Cc1ccccc1C(=O)NNC(=O)c1ccccc1. The Kier molecular flexibility index (Phi) is 5.73. The van der Waals surface area contributed by atoms with Crippen LogP contribution in [0, 0.1) is 11.3 Å². The Morgan fingerprint density at radius 3 is 2.30 bits per heavy atom. The fraction of sp³-hybridized carbons (Fsp3) is 0.118. The normalized spacial score (nSPS) is 11.1. The summed E-state index contributed by atoms with van der Waals surface area (Å²) in [5.41, 5.74) is 6.16. The summed E-state index contributed by atoms with van der Waals surface area (Å²) in [5.74, 6) is -0.879. The standard InChI is InChI=1S/C17H14ClN3O2/c18-14(11-19)10-13-8-4-5-9-15(13)17(23)21-20-16(22)12-6-2-1-3-7-12/h1-9,14H,10H2,(H,20,22)(H,21,23). The van der Waals surface area contributed by atoms with Crippen LogP contribution in [0.25, 0.3) is 0 Å². The van der Waals surface area contributed by atoms with Gasteiger partial charge in [0.05, 0.1) is 6.07 Å². The van der Waals surface area contributed by atoms with Crippen LogP contribution in [0.15, 0.2) is 54.6 Å². The zero-order valence-electron chi connectivity index (χ0n) is 12.1. The minimum atomic E-state index is -0.720. The van der Waals surface area contributed by atoms with Crippen LogP contribution in [-0.4, -0.2) is 17.2 Å². The van der Waals surface area contributed by atoms with E-state index < -0.39 is 17.2 Å². The molecular formula is C17H14ClN3O2. The molecule has 6 heteroatoms. The molecule has 0 saturated heterocycles. The lowest BCUT2D eigenvalue weighted by atomic mass is 10.0. The smallest absolute Gasteiger partial charge is 0.267 e.